The van der Waals surface area contributed by atoms with Gasteiger partial charge in [-0.05, 0) is 45.7 Å². The lowest BCUT2D eigenvalue weighted by Crippen LogP contribution is -2.24. The highest BCUT2D eigenvalue weighted by Crippen LogP contribution is 2.39. The number of hydrogen-bond acceptors (Lipinski definition) is 7. The summed E-state index contributed by atoms with van der Waals surface area (Å²) in [7, 11) is 5.06. The van der Waals surface area contributed by atoms with Crippen molar-refractivity contribution in [3.63, 3.8) is 0 Å². The van der Waals surface area contributed by atoms with Gasteiger partial charge in [0.05, 0.1) is 11.8 Å². The van der Waals surface area contributed by atoms with Crippen LogP contribution in [-0.2, 0) is 14.2 Å². The smallest absolute Gasteiger partial charge is 0.161 e. The normalized spacial score (nSPS) is 22.6. The predicted octanol–water partition coefficient (Wildman–Crippen LogP) is 2.92. The second-order valence-electron chi connectivity index (χ2n) is 6.71. The van der Waals surface area contributed by atoms with Gasteiger partial charge in [-0.15, -0.1) is 0 Å². The van der Waals surface area contributed by atoms with Crippen molar-refractivity contribution < 1.29 is 14.2 Å². The fourth-order valence-electron chi connectivity index (χ4n) is 2.60. The molecule has 0 amide bonds. The van der Waals surface area contributed by atoms with E-state index in [1.165, 1.54) is 6.33 Å². The Bertz CT molecular complexity index is 777. The van der Waals surface area contributed by atoms with E-state index in [1.54, 1.807) is 14.2 Å². The minimum Gasteiger partial charge on any atom is -0.371 e. The van der Waals surface area contributed by atoms with Crippen LogP contribution in [0.5, 0.6) is 0 Å². The molecule has 8 heteroatoms. The van der Waals surface area contributed by atoms with Gasteiger partial charge >= 0.3 is 0 Å². The van der Waals surface area contributed by atoms with E-state index in [0.717, 1.165) is 29.9 Å². The quantitative estimate of drug-likeness (QED) is 0.837. The summed E-state index contributed by atoms with van der Waals surface area (Å²) in [4.78, 5) is 4.17. The highest BCUT2D eigenvalue weighted by Gasteiger charge is 2.38. The fraction of sp³-hybridized carbons (Fsp3) is 0.611. The molecule has 1 fully saturated rings. The molecular formula is C18H27N5O3. The van der Waals surface area contributed by atoms with Gasteiger partial charge in [-0.2, -0.15) is 10.4 Å². The Balaban J connectivity index is 0.000000298. The van der Waals surface area contributed by atoms with Crippen LogP contribution < -0.4 is 5.32 Å². The van der Waals surface area contributed by atoms with Crippen LogP contribution in [-0.4, -0.2) is 47.3 Å². The molecule has 142 valence electrons. The van der Waals surface area contributed by atoms with E-state index in [0.29, 0.717) is 0 Å². The third-order valence-corrected chi connectivity index (χ3v) is 4.55. The van der Waals surface area contributed by atoms with Crippen LogP contribution in [0.4, 0.5) is 5.82 Å². The first-order valence-electron chi connectivity index (χ1n) is 8.49. The maximum atomic E-state index is 9.12. The molecule has 0 unspecified atom stereocenters. The molecule has 1 saturated heterocycles. The van der Waals surface area contributed by atoms with Gasteiger partial charge < -0.3 is 19.5 Å². The molecule has 0 aliphatic carbocycles. The first-order valence-corrected chi connectivity index (χ1v) is 8.49. The standard InChI is InChI=1S/C13H15N5O.C5H12O2/c1-13(7-14)6-5-11(19-13)9-3-4-10-12(15-2)16-8-17-18(9)10;1-5(2,6-3)7-4/h3-4,8,11H,5-6H2,1-2H3,(H,15,16,17);1-4H3/t11-,13-;/m1./s1. The number of nitrogens with one attached hydrogen (secondary N) is 1. The molecule has 0 aromatic carbocycles. The predicted molar refractivity (Wildman–Crippen MR) is 97.7 cm³/mol. The molecule has 1 aliphatic rings. The van der Waals surface area contributed by atoms with Gasteiger partial charge in [-0.1, -0.05) is 0 Å². The number of methoxy groups -OCH3 is 2. The van der Waals surface area contributed by atoms with Gasteiger partial charge in [-0.25, -0.2) is 9.50 Å². The van der Waals surface area contributed by atoms with Crippen LogP contribution in [0.25, 0.3) is 5.52 Å². The minimum atomic E-state index is -0.687. The van der Waals surface area contributed by atoms with Gasteiger partial charge in [0.2, 0.25) is 0 Å². The van der Waals surface area contributed by atoms with Crippen molar-refractivity contribution in [2.75, 3.05) is 26.6 Å². The first kappa shape index (κ1) is 20.1. The van der Waals surface area contributed by atoms with Gasteiger partial charge in [-0.3, -0.25) is 0 Å². The molecule has 26 heavy (non-hydrogen) atoms. The lowest BCUT2D eigenvalue weighted by Gasteiger charge is -2.19. The van der Waals surface area contributed by atoms with E-state index in [-0.39, 0.29) is 6.10 Å². The van der Waals surface area contributed by atoms with Crippen molar-refractivity contribution in [2.24, 2.45) is 0 Å². The topological polar surface area (TPSA) is 93.7 Å². The molecule has 3 heterocycles. The van der Waals surface area contributed by atoms with Crippen LogP contribution in [0.15, 0.2) is 18.5 Å². The summed E-state index contributed by atoms with van der Waals surface area (Å²) >= 11 is 0. The van der Waals surface area contributed by atoms with Crippen LogP contribution >= 0.6 is 0 Å². The summed E-state index contributed by atoms with van der Waals surface area (Å²) in [5.74, 6) is 0.363. The molecule has 0 spiro atoms. The molecule has 2 aromatic heterocycles. The van der Waals surface area contributed by atoms with Crippen LogP contribution in [0.2, 0.25) is 0 Å². The van der Waals surface area contributed by atoms with Gasteiger partial charge in [0.1, 0.15) is 17.9 Å². The Hall–Kier alpha value is -2.21. The number of nitrogens with zero attached hydrogens (tertiary/aromatic N) is 4. The summed E-state index contributed by atoms with van der Waals surface area (Å²) in [6.45, 7) is 5.54. The zero-order valence-electron chi connectivity index (χ0n) is 16.2. The molecule has 0 radical (unpaired) electrons. The summed E-state index contributed by atoms with van der Waals surface area (Å²) < 4.78 is 17.4. The number of hydrogen-bond donors (Lipinski definition) is 1. The molecule has 8 nitrogen and oxygen atoms in total. The third kappa shape index (κ3) is 4.30. The van der Waals surface area contributed by atoms with Crippen molar-refractivity contribution in [2.45, 2.75) is 51.1 Å². The van der Waals surface area contributed by atoms with E-state index in [1.807, 2.05) is 44.5 Å². The number of rotatable bonds is 4. The summed E-state index contributed by atoms with van der Waals surface area (Å²) in [5, 5.41) is 16.4. The van der Waals surface area contributed by atoms with Gasteiger partial charge in [0.25, 0.3) is 0 Å². The Morgan fingerprint density at radius 2 is 2.08 bits per heavy atom. The number of fused-ring (bicyclic) bond motifs is 1. The fourth-order valence-corrected chi connectivity index (χ4v) is 2.60. The van der Waals surface area contributed by atoms with Crippen LogP contribution in [0, 0.1) is 11.3 Å². The summed E-state index contributed by atoms with van der Waals surface area (Å²) in [6, 6.07) is 6.18. The first-order chi connectivity index (χ1) is 12.3. The number of nitriles is 1. The van der Waals surface area contributed by atoms with E-state index in [9.17, 15) is 0 Å². The van der Waals surface area contributed by atoms with Gasteiger partial charge in [0.15, 0.2) is 17.2 Å². The number of anilines is 1. The van der Waals surface area contributed by atoms with Crippen molar-refractivity contribution in [3.8, 4) is 6.07 Å². The van der Waals surface area contributed by atoms with E-state index in [2.05, 4.69) is 21.5 Å². The van der Waals surface area contributed by atoms with Crippen molar-refractivity contribution >= 4 is 11.3 Å². The molecule has 0 bridgehead atoms. The SMILES string of the molecule is CNc1ncnn2c([C@H]3CC[C@](C)(C#N)O3)ccc12.COC(C)(C)OC. The summed E-state index contributed by atoms with van der Waals surface area (Å²) in [6.07, 6.45) is 2.99. The van der Waals surface area contributed by atoms with Crippen molar-refractivity contribution in [1.82, 2.24) is 14.6 Å². The number of ether oxygens (including phenoxy) is 3. The van der Waals surface area contributed by atoms with Crippen LogP contribution in [0.3, 0.4) is 0 Å². The zero-order chi connectivity index (χ0) is 19.4. The number of aromatic nitrogens is 3. The third-order valence-electron chi connectivity index (χ3n) is 4.55. The molecular weight excluding hydrogens is 334 g/mol. The monoisotopic (exact) mass is 361 g/mol. The van der Waals surface area contributed by atoms with Gasteiger partial charge in [0, 0.05) is 21.3 Å². The average Bonchev–Trinajstić information content (AvgIpc) is 3.26. The van der Waals surface area contributed by atoms with Crippen molar-refractivity contribution in [1.29, 1.82) is 5.26 Å². The largest absolute Gasteiger partial charge is 0.371 e. The Kier molecular flexibility index (Phi) is 6.18. The molecule has 1 N–H and O–H groups in total. The molecule has 2 atom stereocenters. The molecule has 0 saturated carbocycles. The lowest BCUT2D eigenvalue weighted by molar-refractivity contribution is -0.178. The minimum absolute atomic E-state index is 0.0910. The zero-order valence-corrected chi connectivity index (χ0v) is 16.2. The van der Waals surface area contributed by atoms with E-state index < -0.39 is 11.4 Å². The highest BCUT2D eigenvalue weighted by atomic mass is 16.7. The Morgan fingerprint density at radius 3 is 2.58 bits per heavy atom. The van der Waals surface area contributed by atoms with Crippen molar-refractivity contribution in [3.05, 3.63) is 24.2 Å². The molecule has 3 rings (SSSR count). The second-order valence-corrected chi connectivity index (χ2v) is 6.71. The lowest BCUT2D eigenvalue weighted by atomic mass is 10.0. The second kappa shape index (κ2) is 7.99. The molecule has 1 aliphatic heterocycles. The van der Waals surface area contributed by atoms with E-state index in [4.69, 9.17) is 19.5 Å². The Labute approximate surface area is 154 Å². The Morgan fingerprint density at radius 1 is 1.38 bits per heavy atom. The van der Waals surface area contributed by atoms with E-state index >= 15 is 0 Å². The maximum absolute atomic E-state index is 9.12. The molecule has 2 aromatic rings. The summed E-state index contributed by atoms with van der Waals surface area (Å²) in [5.41, 5.74) is 1.19. The highest BCUT2D eigenvalue weighted by molar-refractivity contribution is 5.67. The maximum Gasteiger partial charge on any atom is 0.161 e. The van der Waals surface area contributed by atoms with Crippen LogP contribution in [0.1, 0.15) is 45.4 Å². The average molecular weight is 361 g/mol.